The van der Waals surface area contributed by atoms with E-state index in [1.165, 1.54) is 7.11 Å². The van der Waals surface area contributed by atoms with Gasteiger partial charge in [-0.3, -0.25) is 9.59 Å². The third-order valence-electron chi connectivity index (χ3n) is 3.66. The number of benzene rings is 2. The Hall–Kier alpha value is -3.15. The van der Waals surface area contributed by atoms with Gasteiger partial charge in [0.15, 0.2) is 12.4 Å². The number of anilines is 1. The number of Topliss-reactive ketones (excluding diaryl/α,β-unsaturated/α-hetero) is 1. The molecule has 0 unspecified atom stereocenters. The van der Waals surface area contributed by atoms with Crippen molar-refractivity contribution < 1.29 is 23.9 Å². The van der Waals surface area contributed by atoms with Gasteiger partial charge in [0.1, 0.15) is 5.75 Å². The highest BCUT2D eigenvalue weighted by Crippen LogP contribution is 2.14. The van der Waals surface area contributed by atoms with Gasteiger partial charge in [-0.1, -0.05) is 13.8 Å². The van der Waals surface area contributed by atoms with Gasteiger partial charge in [0, 0.05) is 17.2 Å². The molecule has 0 fully saturated rings. The van der Waals surface area contributed by atoms with Gasteiger partial charge in [-0.25, -0.2) is 4.79 Å². The zero-order valence-electron chi connectivity index (χ0n) is 14.9. The van der Waals surface area contributed by atoms with Gasteiger partial charge in [0.25, 0.3) is 0 Å². The second-order valence-electron chi connectivity index (χ2n) is 5.95. The molecule has 1 amide bonds. The molecule has 0 aliphatic heterocycles. The van der Waals surface area contributed by atoms with Crippen molar-refractivity contribution in [1.82, 2.24) is 0 Å². The lowest BCUT2D eigenvalue weighted by Gasteiger charge is -2.08. The summed E-state index contributed by atoms with van der Waals surface area (Å²) in [5, 5.41) is 2.74. The van der Waals surface area contributed by atoms with Crippen molar-refractivity contribution in [3.63, 3.8) is 0 Å². The molecule has 0 bridgehead atoms. The number of carbonyl (C=O) groups is 3. The first-order valence-electron chi connectivity index (χ1n) is 8.16. The smallest absolute Gasteiger partial charge is 0.338 e. The quantitative estimate of drug-likeness (QED) is 0.608. The third-order valence-corrected chi connectivity index (χ3v) is 3.66. The van der Waals surface area contributed by atoms with Crippen molar-refractivity contribution in [2.75, 3.05) is 19.0 Å². The summed E-state index contributed by atoms with van der Waals surface area (Å²) in [6, 6.07) is 12.9. The van der Waals surface area contributed by atoms with Gasteiger partial charge in [0.05, 0.1) is 12.7 Å². The van der Waals surface area contributed by atoms with Gasteiger partial charge >= 0.3 is 5.97 Å². The Labute approximate surface area is 152 Å². The van der Waals surface area contributed by atoms with E-state index in [4.69, 9.17) is 9.47 Å². The predicted octanol–water partition coefficient (Wildman–Crippen LogP) is 3.33. The molecular formula is C20H21NO5. The number of rotatable bonds is 7. The highest BCUT2D eigenvalue weighted by atomic mass is 16.5. The van der Waals surface area contributed by atoms with Crippen LogP contribution in [0, 0.1) is 5.92 Å². The maximum absolute atomic E-state index is 12.1. The van der Waals surface area contributed by atoms with Gasteiger partial charge in [0.2, 0.25) is 5.91 Å². The summed E-state index contributed by atoms with van der Waals surface area (Å²) in [6.07, 6.45) is 0. The van der Waals surface area contributed by atoms with E-state index in [0.29, 0.717) is 22.6 Å². The first-order valence-corrected chi connectivity index (χ1v) is 8.16. The summed E-state index contributed by atoms with van der Waals surface area (Å²) < 4.78 is 10.1. The second kappa shape index (κ2) is 8.80. The Kier molecular flexibility index (Phi) is 6.49. The van der Waals surface area contributed by atoms with Crippen LogP contribution in [0.15, 0.2) is 48.5 Å². The van der Waals surface area contributed by atoms with Crippen molar-refractivity contribution in [3.8, 4) is 5.75 Å². The molecular weight excluding hydrogens is 334 g/mol. The normalized spacial score (nSPS) is 10.3. The number of methoxy groups -OCH3 is 1. The lowest BCUT2D eigenvalue weighted by molar-refractivity contribution is -0.118. The first kappa shape index (κ1) is 19.2. The molecule has 0 atom stereocenters. The van der Waals surface area contributed by atoms with E-state index in [0.717, 1.165) is 0 Å². The predicted molar refractivity (Wildman–Crippen MR) is 97.5 cm³/mol. The molecule has 0 aromatic heterocycles. The van der Waals surface area contributed by atoms with Crippen LogP contribution < -0.4 is 10.1 Å². The van der Waals surface area contributed by atoms with Crippen molar-refractivity contribution in [3.05, 3.63) is 59.7 Å². The van der Waals surface area contributed by atoms with Crippen LogP contribution in [0.25, 0.3) is 0 Å². The topological polar surface area (TPSA) is 81.7 Å². The number of nitrogens with one attached hydrogen (secondary N) is 1. The maximum Gasteiger partial charge on any atom is 0.338 e. The van der Waals surface area contributed by atoms with Crippen LogP contribution in [-0.2, 0) is 9.53 Å². The molecule has 26 heavy (non-hydrogen) atoms. The lowest BCUT2D eigenvalue weighted by atomic mass is 10.1. The summed E-state index contributed by atoms with van der Waals surface area (Å²) in [5.41, 5.74) is 1.34. The molecule has 136 valence electrons. The first-order chi connectivity index (χ1) is 12.4. The standard InChI is InChI=1S/C20H21NO5/c1-13(2)19(23)21-16-8-4-14(5-9-16)18(22)12-26-20(24)15-6-10-17(25-3)11-7-15/h4-11,13H,12H2,1-3H3,(H,21,23). The van der Waals surface area contributed by atoms with E-state index in [1.54, 1.807) is 62.4 Å². The maximum atomic E-state index is 12.1. The number of ether oxygens (including phenoxy) is 2. The minimum absolute atomic E-state index is 0.0995. The van der Waals surface area contributed by atoms with Crippen LogP contribution in [0.4, 0.5) is 5.69 Å². The van der Waals surface area contributed by atoms with Crippen LogP contribution in [0.1, 0.15) is 34.6 Å². The third kappa shape index (κ3) is 5.17. The average Bonchev–Trinajstić information content (AvgIpc) is 2.66. The average molecular weight is 355 g/mol. The van der Waals surface area contributed by atoms with Crippen LogP contribution in [0.2, 0.25) is 0 Å². The summed E-state index contributed by atoms with van der Waals surface area (Å²) >= 11 is 0. The fourth-order valence-corrected chi connectivity index (χ4v) is 2.05. The number of hydrogen-bond acceptors (Lipinski definition) is 5. The molecule has 0 saturated heterocycles. The van der Waals surface area contributed by atoms with Crippen LogP contribution >= 0.6 is 0 Å². The second-order valence-corrected chi connectivity index (χ2v) is 5.95. The Morgan fingerprint density at radius 2 is 1.50 bits per heavy atom. The monoisotopic (exact) mass is 355 g/mol. The van der Waals surface area contributed by atoms with Gasteiger partial charge in [-0.2, -0.15) is 0 Å². The van der Waals surface area contributed by atoms with Crippen molar-refractivity contribution in [2.45, 2.75) is 13.8 Å². The largest absolute Gasteiger partial charge is 0.497 e. The summed E-state index contributed by atoms with van der Waals surface area (Å²) in [5.74, 6) is -0.510. The number of ketones is 1. The van der Waals surface area contributed by atoms with E-state index in [2.05, 4.69) is 5.32 Å². The van der Waals surface area contributed by atoms with Crippen molar-refractivity contribution in [1.29, 1.82) is 0 Å². The van der Waals surface area contributed by atoms with Crippen LogP contribution in [-0.4, -0.2) is 31.4 Å². The fourth-order valence-electron chi connectivity index (χ4n) is 2.05. The van der Waals surface area contributed by atoms with Crippen molar-refractivity contribution in [2.24, 2.45) is 5.92 Å². The highest BCUT2D eigenvalue weighted by Gasteiger charge is 2.13. The number of carbonyl (C=O) groups excluding carboxylic acids is 3. The number of amides is 1. The molecule has 0 spiro atoms. The van der Waals surface area contributed by atoms with E-state index in [1.807, 2.05) is 0 Å². The fraction of sp³-hybridized carbons (Fsp3) is 0.250. The van der Waals surface area contributed by atoms with E-state index < -0.39 is 5.97 Å². The summed E-state index contributed by atoms with van der Waals surface area (Å²) in [7, 11) is 1.53. The molecule has 0 aliphatic carbocycles. The molecule has 6 heteroatoms. The van der Waals surface area contributed by atoms with Gasteiger partial charge in [-0.05, 0) is 48.5 Å². The van der Waals surface area contributed by atoms with E-state index >= 15 is 0 Å². The SMILES string of the molecule is COc1ccc(C(=O)OCC(=O)c2ccc(NC(=O)C(C)C)cc2)cc1. The van der Waals surface area contributed by atoms with E-state index in [-0.39, 0.29) is 24.2 Å². The Morgan fingerprint density at radius 1 is 0.923 bits per heavy atom. The zero-order valence-corrected chi connectivity index (χ0v) is 14.9. The molecule has 2 aromatic rings. The Balaban J connectivity index is 1.90. The Morgan fingerprint density at radius 3 is 2.04 bits per heavy atom. The molecule has 1 N–H and O–H groups in total. The molecule has 2 aromatic carbocycles. The molecule has 0 radical (unpaired) electrons. The number of hydrogen-bond donors (Lipinski definition) is 1. The van der Waals surface area contributed by atoms with Gasteiger partial charge in [-0.15, -0.1) is 0 Å². The van der Waals surface area contributed by atoms with Crippen LogP contribution in [0.5, 0.6) is 5.75 Å². The molecule has 0 saturated carbocycles. The van der Waals surface area contributed by atoms with Gasteiger partial charge < -0.3 is 14.8 Å². The molecule has 0 aliphatic rings. The molecule has 0 heterocycles. The summed E-state index contributed by atoms with van der Waals surface area (Å²) in [6.45, 7) is 3.23. The minimum Gasteiger partial charge on any atom is -0.497 e. The molecule has 6 nitrogen and oxygen atoms in total. The van der Waals surface area contributed by atoms with Crippen molar-refractivity contribution >= 4 is 23.3 Å². The number of esters is 1. The van der Waals surface area contributed by atoms with Crippen LogP contribution in [0.3, 0.4) is 0 Å². The van der Waals surface area contributed by atoms with E-state index in [9.17, 15) is 14.4 Å². The Bertz CT molecular complexity index is 779. The highest BCUT2D eigenvalue weighted by molar-refractivity contribution is 6.00. The zero-order chi connectivity index (χ0) is 19.1. The lowest BCUT2D eigenvalue weighted by Crippen LogP contribution is -2.18. The minimum atomic E-state index is -0.582. The molecule has 2 rings (SSSR count). The summed E-state index contributed by atoms with van der Waals surface area (Å²) in [4.78, 5) is 35.7.